The van der Waals surface area contributed by atoms with Gasteiger partial charge in [0.15, 0.2) is 0 Å². The second kappa shape index (κ2) is 4.74. The molecule has 130 valence electrons. The van der Waals surface area contributed by atoms with Gasteiger partial charge in [0.05, 0.1) is 17.7 Å². The quantitative estimate of drug-likeness (QED) is 0.804. The molecular weight excluding hydrogens is 302 g/mol. The van der Waals surface area contributed by atoms with E-state index in [2.05, 4.69) is 6.07 Å². The zero-order chi connectivity index (χ0) is 16.7. The van der Waals surface area contributed by atoms with Gasteiger partial charge in [0.1, 0.15) is 6.04 Å². The van der Waals surface area contributed by atoms with E-state index in [0.29, 0.717) is 24.2 Å². The van der Waals surface area contributed by atoms with Crippen molar-refractivity contribution in [2.24, 2.45) is 28.9 Å². The number of piperidine rings is 1. The summed E-state index contributed by atoms with van der Waals surface area (Å²) >= 11 is 0. The molecule has 0 aromatic rings. The van der Waals surface area contributed by atoms with Gasteiger partial charge in [-0.3, -0.25) is 4.79 Å². The molecule has 6 aliphatic rings. The highest BCUT2D eigenvalue weighted by atomic mass is 16.3. The molecule has 6 fully saturated rings. The standard InChI is InChI=1S/C19H27N3O2/c20-9-14-2-1-13-4-15(13)22(14)17(23)16(21)18-5-11-3-12(6-18)8-19(24,7-11)10-18/h11-16,24H,1-8,10,21H2. The number of amides is 1. The zero-order valence-corrected chi connectivity index (χ0v) is 14.2. The lowest BCUT2D eigenvalue weighted by atomic mass is 9.46. The van der Waals surface area contributed by atoms with Gasteiger partial charge >= 0.3 is 0 Å². The number of rotatable bonds is 2. The van der Waals surface area contributed by atoms with E-state index in [4.69, 9.17) is 5.73 Å². The van der Waals surface area contributed by atoms with Gasteiger partial charge in [-0.1, -0.05) is 0 Å². The van der Waals surface area contributed by atoms with E-state index >= 15 is 0 Å². The molecule has 0 aromatic carbocycles. The summed E-state index contributed by atoms with van der Waals surface area (Å²) in [6.45, 7) is 0. The van der Waals surface area contributed by atoms with E-state index < -0.39 is 11.6 Å². The van der Waals surface area contributed by atoms with Crippen molar-refractivity contribution >= 4 is 5.91 Å². The number of aliphatic hydroxyl groups is 1. The average molecular weight is 329 g/mol. The molecule has 1 saturated heterocycles. The number of hydrogen-bond acceptors (Lipinski definition) is 4. The maximum absolute atomic E-state index is 13.3. The number of hydrogen-bond donors (Lipinski definition) is 2. The van der Waals surface area contributed by atoms with Crippen molar-refractivity contribution in [1.82, 2.24) is 4.90 Å². The van der Waals surface area contributed by atoms with Crippen LogP contribution < -0.4 is 5.73 Å². The summed E-state index contributed by atoms with van der Waals surface area (Å²) in [5.74, 6) is 1.62. The van der Waals surface area contributed by atoms with Crippen LogP contribution in [-0.2, 0) is 4.79 Å². The number of carbonyl (C=O) groups is 1. The highest BCUT2D eigenvalue weighted by molar-refractivity contribution is 5.84. The van der Waals surface area contributed by atoms with Crippen LogP contribution >= 0.6 is 0 Å². The molecule has 0 radical (unpaired) electrons. The molecule has 5 nitrogen and oxygen atoms in total. The highest BCUT2D eigenvalue weighted by Gasteiger charge is 2.61. The lowest BCUT2D eigenvalue weighted by molar-refractivity contribution is -0.178. The number of nitrogens with zero attached hydrogens (tertiary/aromatic N) is 2. The summed E-state index contributed by atoms with van der Waals surface area (Å²) in [6.07, 6.45) is 8.52. The summed E-state index contributed by atoms with van der Waals surface area (Å²) in [4.78, 5) is 15.1. The molecule has 5 aliphatic carbocycles. The topological polar surface area (TPSA) is 90.4 Å². The molecule has 3 N–H and O–H groups in total. The third-order valence-electron chi connectivity index (χ3n) is 7.79. The molecule has 6 unspecified atom stereocenters. The summed E-state index contributed by atoms with van der Waals surface area (Å²) in [5, 5.41) is 20.4. The van der Waals surface area contributed by atoms with Crippen molar-refractivity contribution in [3.8, 4) is 6.07 Å². The molecule has 24 heavy (non-hydrogen) atoms. The third kappa shape index (κ3) is 2.02. The smallest absolute Gasteiger partial charge is 0.241 e. The second-order valence-electron chi connectivity index (χ2n) is 9.56. The maximum Gasteiger partial charge on any atom is 0.241 e. The van der Waals surface area contributed by atoms with Crippen molar-refractivity contribution in [2.45, 2.75) is 81.5 Å². The molecule has 4 bridgehead atoms. The Morgan fingerprint density at radius 3 is 2.54 bits per heavy atom. The van der Waals surface area contributed by atoms with Crippen molar-refractivity contribution in [3.63, 3.8) is 0 Å². The van der Waals surface area contributed by atoms with Crippen molar-refractivity contribution in [1.29, 1.82) is 5.26 Å². The van der Waals surface area contributed by atoms with Crippen LogP contribution in [0.1, 0.15) is 57.8 Å². The van der Waals surface area contributed by atoms with Crippen molar-refractivity contribution < 1.29 is 9.90 Å². The van der Waals surface area contributed by atoms with Gasteiger partial charge in [-0.2, -0.15) is 5.26 Å². The summed E-state index contributed by atoms with van der Waals surface area (Å²) in [6, 6.07) is 1.72. The van der Waals surface area contributed by atoms with Gasteiger partial charge in [-0.25, -0.2) is 0 Å². The van der Waals surface area contributed by atoms with E-state index in [1.165, 1.54) is 6.42 Å². The number of nitriles is 1. The van der Waals surface area contributed by atoms with Crippen molar-refractivity contribution in [3.05, 3.63) is 0 Å². The SMILES string of the molecule is N#CC1CCC2CC2N1C(=O)C(N)C12CC3CC(CC(O)(C3)C1)C2. The molecule has 0 spiro atoms. The zero-order valence-electron chi connectivity index (χ0n) is 14.2. The van der Waals surface area contributed by atoms with Crippen LogP contribution in [-0.4, -0.2) is 39.6 Å². The van der Waals surface area contributed by atoms with Gasteiger partial charge in [0, 0.05) is 6.04 Å². The summed E-state index contributed by atoms with van der Waals surface area (Å²) in [7, 11) is 0. The number of likely N-dealkylation sites (tertiary alicyclic amines) is 1. The van der Waals surface area contributed by atoms with Gasteiger partial charge in [0.25, 0.3) is 0 Å². The van der Waals surface area contributed by atoms with E-state index in [1.807, 2.05) is 4.90 Å². The minimum absolute atomic E-state index is 0.0145. The molecule has 5 heteroatoms. The van der Waals surface area contributed by atoms with Crippen LogP contribution in [0.15, 0.2) is 0 Å². The number of nitrogens with two attached hydrogens (primary N) is 1. The van der Waals surface area contributed by atoms with Crippen molar-refractivity contribution in [2.75, 3.05) is 0 Å². The molecule has 0 aromatic heterocycles. The fourth-order valence-electron chi connectivity index (χ4n) is 7.14. The van der Waals surface area contributed by atoms with Crippen LogP contribution in [0, 0.1) is 34.5 Å². The van der Waals surface area contributed by atoms with E-state index in [9.17, 15) is 15.2 Å². The summed E-state index contributed by atoms with van der Waals surface area (Å²) in [5.41, 5.74) is 5.76. The predicted molar refractivity (Wildman–Crippen MR) is 87.4 cm³/mol. The fraction of sp³-hybridized carbons (Fsp3) is 0.895. The molecule has 6 rings (SSSR count). The predicted octanol–water partition coefficient (Wildman–Crippen LogP) is 1.55. The van der Waals surface area contributed by atoms with Gasteiger partial charge in [0.2, 0.25) is 5.91 Å². The normalized spacial score (nSPS) is 52.5. The average Bonchev–Trinajstić information content (AvgIpc) is 3.29. The first-order valence-corrected chi connectivity index (χ1v) is 9.63. The first kappa shape index (κ1) is 15.2. The fourth-order valence-corrected chi connectivity index (χ4v) is 7.14. The number of carbonyl (C=O) groups excluding carboxylic acids is 1. The van der Waals surface area contributed by atoms with Crippen LogP contribution in [0.25, 0.3) is 0 Å². The minimum atomic E-state index is -0.597. The van der Waals surface area contributed by atoms with Gasteiger partial charge in [-0.15, -0.1) is 0 Å². The van der Waals surface area contributed by atoms with Crippen LogP contribution in [0.4, 0.5) is 0 Å². The Hall–Kier alpha value is -1.12. The lowest BCUT2D eigenvalue weighted by Gasteiger charge is -2.61. The lowest BCUT2D eigenvalue weighted by Crippen LogP contribution is -2.65. The molecular formula is C19H27N3O2. The summed E-state index contributed by atoms with van der Waals surface area (Å²) < 4.78 is 0. The Morgan fingerprint density at radius 1 is 1.21 bits per heavy atom. The monoisotopic (exact) mass is 329 g/mol. The van der Waals surface area contributed by atoms with E-state index in [0.717, 1.165) is 44.9 Å². The van der Waals surface area contributed by atoms with Crippen LogP contribution in [0.5, 0.6) is 0 Å². The molecule has 5 saturated carbocycles. The largest absolute Gasteiger partial charge is 0.390 e. The first-order valence-electron chi connectivity index (χ1n) is 9.63. The minimum Gasteiger partial charge on any atom is -0.390 e. The van der Waals surface area contributed by atoms with Gasteiger partial charge in [-0.05, 0) is 81.0 Å². The third-order valence-corrected chi connectivity index (χ3v) is 7.79. The Labute approximate surface area is 143 Å². The Morgan fingerprint density at radius 2 is 1.92 bits per heavy atom. The second-order valence-corrected chi connectivity index (χ2v) is 9.56. The van der Waals surface area contributed by atoms with E-state index in [-0.39, 0.29) is 23.4 Å². The molecule has 6 atom stereocenters. The maximum atomic E-state index is 13.3. The number of fused-ring (bicyclic) bond motifs is 1. The first-order chi connectivity index (χ1) is 11.4. The molecule has 1 aliphatic heterocycles. The van der Waals surface area contributed by atoms with Gasteiger partial charge < -0.3 is 15.7 Å². The van der Waals surface area contributed by atoms with Crippen LogP contribution in [0.2, 0.25) is 0 Å². The Kier molecular flexibility index (Phi) is 2.99. The highest BCUT2D eigenvalue weighted by Crippen LogP contribution is 2.63. The van der Waals surface area contributed by atoms with E-state index in [1.54, 1.807) is 0 Å². The molecule has 1 amide bonds. The Bertz CT molecular complexity index is 613. The Balaban J connectivity index is 1.43. The molecule has 1 heterocycles. The van der Waals surface area contributed by atoms with Crippen LogP contribution in [0.3, 0.4) is 0 Å².